The highest BCUT2D eigenvalue weighted by molar-refractivity contribution is 5.79. The van der Waals surface area contributed by atoms with Crippen LogP contribution in [0.4, 0.5) is 0 Å². The molecule has 0 aromatic rings. The smallest absolute Gasteiger partial charge is 0.223 e. The molecule has 0 radical (unpaired) electrons. The van der Waals surface area contributed by atoms with Crippen molar-refractivity contribution in [2.24, 2.45) is 5.92 Å². The lowest BCUT2D eigenvalue weighted by molar-refractivity contribution is -0.127. The van der Waals surface area contributed by atoms with Gasteiger partial charge in [-0.1, -0.05) is 6.42 Å². The van der Waals surface area contributed by atoms with Gasteiger partial charge < -0.3 is 10.6 Å². The van der Waals surface area contributed by atoms with E-state index in [1.807, 2.05) is 0 Å². The zero-order valence-electron chi connectivity index (χ0n) is 8.72. The number of carbonyl (C=O) groups is 1. The first kappa shape index (κ1) is 9.97. The molecule has 2 aliphatic carbocycles. The van der Waals surface area contributed by atoms with Crippen LogP contribution in [0.3, 0.4) is 0 Å². The zero-order chi connectivity index (χ0) is 9.80. The number of amides is 1. The van der Waals surface area contributed by atoms with Gasteiger partial charge in [0.05, 0.1) is 0 Å². The minimum atomic E-state index is 0.280. The number of nitrogens with one attached hydrogen (secondary N) is 2. The molecule has 0 aromatic heterocycles. The highest BCUT2D eigenvalue weighted by Gasteiger charge is 2.24. The van der Waals surface area contributed by atoms with E-state index in [4.69, 9.17) is 0 Å². The van der Waals surface area contributed by atoms with Crippen LogP contribution in [0.15, 0.2) is 0 Å². The first-order chi connectivity index (χ1) is 6.86. The molecule has 14 heavy (non-hydrogen) atoms. The van der Waals surface area contributed by atoms with Crippen molar-refractivity contribution in [1.29, 1.82) is 0 Å². The fourth-order valence-electron chi connectivity index (χ4n) is 1.71. The van der Waals surface area contributed by atoms with Crippen molar-refractivity contribution in [3.63, 3.8) is 0 Å². The van der Waals surface area contributed by atoms with Gasteiger partial charge in [0.1, 0.15) is 0 Å². The lowest BCUT2D eigenvalue weighted by Gasteiger charge is -2.23. The molecule has 2 rings (SSSR count). The third-order valence-electron chi connectivity index (χ3n) is 3.14. The van der Waals surface area contributed by atoms with Gasteiger partial charge in [-0.05, 0) is 38.6 Å². The summed E-state index contributed by atoms with van der Waals surface area (Å²) < 4.78 is 0. The summed E-state index contributed by atoms with van der Waals surface area (Å²) in [6, 6.07) is 0.789. The van der Waals surface area contributed by atoms with Gasteiger partial charge in [-0.2, -0.15) is 0 Å². The number of rotatable bonds is 6. The van der Waals surface area contributed by atoms with Crippen LogP contribution < -0.4 is 10.6 Å². The van der Waals surface area contributed by atoms with E-state index in [0.717, 1.165) is 38.4 Å². The van der Waals surface area contributed by atoms with Crippen LogP contribution >= 0.6 is 0 Å². The predicted octanol–water partition coefficient (Wildman–Crippen LogP) is 1.04. The molecular formula is C11H20N2O. The highest BCUT2D eigenvalue weighted by atomic mass is 16.1. The van der Waals surface area contributed by atoms with Crippen LogP contribution in [0, 0.1) is 5.92 Å². The molecule has 0 spiro atoms. The molecule has 3 heteroatoms. The molecular weight excluding hydrogens is 176 g/mol. The number of hydrogen-bond donors (Lipinski definition) is 2. The molecule has 80 valence electrons. The Morgan fingerprint density at radius 2 is 1.93 bits per heavy atom. The van der Waals surface area contributed by atoms with E-state index in [0.29, 0.717) is 5.92 Å². The molecule has 0 bridgehead atoms. The second-order valence-electron chi connectivity index (χ2n) is 4.50. The minimum Gasteiger partial charge on any atom is -0.356 e. The van der Waals surface area contributed by atoms with Crippen molar-refractivity contribution in [2.45, 2.75) is 44.6 Å². The lowest BCUT2D eigenvalue weighted by Crippen LogP contribution is -2.35. The van der Waals surface area contributed by atoms with Gasteiger partial charge in [0.15, 0.2) is 0 Å². The van der Waals surface area contributed by atoms with Crippen molar-refractivity contribution in [3.05, 3.63) is 0 Å². The number of carbonyl (C=O) groups excluding carboxylic acids is 1. The van der Waals surface area contributed by atoms with Gasteiger partial charge in [-0.3, -0.25) is 4.79 Å². The summed E-state index contributed by atoms with van der Waals surface area (Å²) >= 11 is 0. The van der Waals surface area contributed by atoms with Crippen molar-refractivity contribution < 1.29 is 4.79 Å². The van der Waals surface area contributed by atoms with E-state index >= 15 is 0 Å². The third-order valence-corrected chi connectivity index (χ3v) is 3.14. The van der Waals surface area contributed by atoms with E-state index in [2.05, 4.69) is 10.6 Å². The molecule has 3 nitrogen and oxygen atoms in total. The SMILES string of the molecule is O=C(NCCCNC1CC1)C1CCC1. The molecule has 2 N–H and O–H groups in total. The summed E-state index contributed by atoms with van der Waals surface area (Å²) in [6.07, 6.45) is 7.19. The second-order valence-corrected chi connectivity index (χ2v) is 4.50. The molecule has 2 saturated carbocycles. The maximum atomic E-state index is 11.4. The molecule has 0 unspecified atom stereocenters. The molecule has 0 aliphatic heterocycles. The Balaban J connectivity index is 1.43. The fraction of sp³-hybridized carbons (Fsp3) is 0.909. The summed E-state index contributed by atoms with van der Waals surface area (Å²) in [5, 5.41) is 6.44. The third kappa shape index (κ3) is 2.98. The van der Waals surface area contributed by atoms with E-state index in [9.17, 15) is 4.79 Å². The molecule has 2 aliphatic rings. The minimum absolute atomic E-state index is 0.280. The maximum Gasteiger partial charge on any atom is 0.223 e. The summed E-state index contributed by atoms with van der Waals surface area (Å²) in [5.41, 5.74) is 0. The predicted molar refractivity (Wildman–Crippen MR) is 56.0 cm³/mol. The van der Waals surface area contributed by atoms with Crippen LogP contribution in [0.5, 0.6) is 0 Å². The Kier molecular flexibility index (Phi) is 3.40. The van der Waals surface area contributed by atoms with Crippen molar-refractivity contribution in [3.8, 4) is 0 Å². The van der Waals surface area contributed by atoms with E-state index in [-0.39, 0.29) is 5.91 Å². The first-order valence-electron chi connectivity index (χ1n) is 5.87. The largest absolute Gasteiger partial charge is 0.356 e. The summed E-state index contributed by atoms with van der Waals surface area (Å²) in [5.74, 6) is 0.620. The molecule has 0 aromatic carbocycles. The van der Waals surface area contributed by atoms with Crippen LogP contribution in [-0.2, 0) is 4.79 Å². The zero-order valence-corrected chi connectivity index (χ0v) is 8.72. The van der Waals surface area contributed by atoms with Crippen LogP contribution in [0.2, 0.25) is 0 Å². The Morgan fingerprint density at radius 1 is 1.14 bits per heavy atom. The highest BCUT2D eigenvalue weighted by Crippen LogP contribution is 2.26. The summed E-state index contributed by atoms with van der Waals surface area (Å²) in [7, 11) is 0. The fourth-order valence-corrected chi connectivity index (χ4v) is 1.71. The Hall–Kier alpha value is -0.570. The maximum absolute atomic E-state index is 11.4. The Labute approximate surface area is 85.6 Å². The molecule has 2 fully saturated rings. The quantitative estimate of drug-likeness (QED) is 0.623. The summed E-state index contributed by atoms with van der Waals surface area (Å²) in [6.45, 7) is 1.89. The standard InChI is InChI=1S/C11H20N2O/c14-11(9-3-1-4-9)13-8-2-7-12-10-5-6-10/h9-10,12H,1-8H2,(H,13,14). The average molecular weight is 196 g/mol. The van der Waals surface area contributed by atoms with Crippen LogP contribution in [-0.4, -0.2) is 25.0 Å². The Bertz CT molecular complexity index is 197. The van der Waals surface area contributed by atoms with Gasteiger partial charge in [0, 0.05) is 18.5 Å². The molecule has 1 amide bonds. The molecule has 0 atom stereocenters. The van der Waals surface area contributed by atoms with E-state index in [1.54, 1.807) is 0 Å². The van der Waals surface area contributed by atoms with Gasteiger partial charge >= 0.3 is 0 Å². The van der Waals surface area contributed by atoms with Gasteiger partial charge in [0.2, 0.25) is 5.91 Å². The molecule has 0 saturated heterocycles. The van der Waals surface area contributed by atoms with Gasteiger partial charge in [-0.15, -0.1) is 0 Å². The first-order valence-corrected chi connectivity index (χ1v) is 5.87. The molecule has 0 heterocycles. The second kappa shape index (κ2) is 4.78. The van der Waals surface area contributed by atoms with Gasteiger partial charge in [0.25, 0.3) is 0 Å². The van der Waals surface area contributed by atoms with Gasteiger partial charge in [-0.25, -0.2) is 0 Å². The van der Waals surface area contributed by atoms with Crippen molar-refractivity contribution >= 4 is 5.91 Å². The van der Waals surface area contributed by atoms with Crippen molar-refractivity contribution in [2.75, 3.05) is 13.1 Å². The lowest BCUT2D eigenvalue weighted by atomic mass is 9.85. The van der Waals surface area contributed by atoms with Crippen LogP contribution in [0.1, 0.15) is 38.5 Å². The van der Waals surface area contributed by atoms with Crippen molar-refractivity contribution in [1.82, 2.24) is 10.6 Å². The summed E-state index contributed by atoms with van der Waals surface area (Å²) in [4.78, 5) is 11.4. The van der Waals surface area contributed by atoms with E-state index in [1.165, 1.54) is 19.3 Å². The Morgan fingerprint density at radius 3 is 2.50 bits per heavy atom. The normalized spacial score (nSPS) is 21.7. The average Bonchev–Trinajstić information content (AvgIpc) is 2.84. The monoisotopic (exact) mass is 196 g/mol. The number of hydrogen-bond acceptors (Lipinski definition) is 2. The van der Waals surface area contributed by atoms with Crippen LogP contribution in [0.25, 0.3) is 0 Å². The van der Waals surface area contributed by atoms with E-state index < -0.39 is 0 Å². The topological polar surface area (TPSA) is 41.1 Å².